The van der Waals surface area contributed by atoms with Crippen LogP contribution in [0.25, 0.3) is 0 Å². The largest absolute Gasteiger partial charge is 0.479 e. The zero-order chi connectivity index (χ0) is 12.7. The molecule has 0 aromatic heterocycles. The molecule has 10 heteroatoms. The maximum atomic E-state index is 10.7. The van der Waals surface area contributed by atoms with Crippen molar-refractivity contribution in [2.45, 2.75) is 30.3 Å². The van der Waals surface area contributed by atoms with Gasteiger partial charge in [-0.05, 0) is 0 Å². The van der Waals surface area contributed by atoms with E-state index in [2.05, 4.69) is 4.74 Å². The van der Waals surface area contributed by atoms with Crippen molar-refractivity contribution >= 4 is 13.6 Å². The minimum Gasteiger partial charge on any atom is -0.479 e. The van der Waals surface area contributed by atoms with Crippen molar-refractivity contribution in [2.24, 2.45) is 0 Å². The number of aliphatic hydroxyl groups excluding tert-OH is 3. The van der Waals surface area contributed by atoms with Crippen molar-refractivity contribution in [3.05, 3.63) is 0 Å². The van der Waals surface area contributed by atoms with Crippen molar-refractivity contribution in [1.82, 2.24) is 0 Å². The number of carbonyl (C=O) groups is 1. The van der Waals surface area contributed by atoms with Crippen molar-refractivity contribution in [2.75, 3.05) is 0 Å². The van der Waals surface area contributed by atoms with E-state index in [1.54, 1.807) is 0 Å². The third-order valence-electron chi connectivity index (χ3n) is 2.18. The molecule has 0 radical (unpaired) electrons. The Morgan fingerprint density at radius 2 is 1.75 bits per heavy atom. The van der Waals surface area contributed by atoms with E-state index in [4.69, 9.17) is 20.0 Å². The highest BCUT2D eigenvalue weighted by atomic mass is 31.2. The van der Waals surface area contributed by atoms with Gasteiger partial charge in [0.05, 0.1) is 0 Å². The van der Waals surface area contributed by atoms with Crippen molar-refractivity contribution < 1.29 is 44.3 Å². The van der Waals surface area contributed by atoms with E-state index in [1.807, 2.05) is 0 Å². The molecule has 1 saturated heterocycles. The number of aliphatic hydroxyl groups is 3. The lowest BCUT2D eigenvalue weighted by atomic mass is 10.1. The standard InChI is InChI=1S/C6H11O9P/c7-1-2(8)4(6(11)16(12,13)14)15-3(1)5(9)10/h1-4,6-8,11H,(H,9,10)(H2,12,13,14)/t1-,2+,3?,4+,6?/m1/s1. The van der Waals surface area contributed by atoms with E-state index >= 15 is 0 Å². The van der Waals surface area contributed by atoms with Crippen LogP contribution in [-0.2, 0) is 14.1 Å². The first-order chi connectivity index (χ1) is 7.16. The summed E-state index contributed by atoms with van der Waals surface area (Å²) >= 11 is 0. The Kier molecular flexibility index (Phi) is 3.70. The number of carboxylic acids is 1. The first-order valence-corrected chi connectivity index (χ1v) is 5.82. The Labute approximate surface area is 89.1 Å². The van der Waals surface area contributed by atoms with Gasteiger partial charge in [-0.2, -0.15) is 0 Å². The fourth-order valence-electron chi connectivity index (χ4n) is 1.35. The van der Waals surface area contributed by atoms with E-state index in [0.29, 0.717) is 0 Å². The van der Waals surface area contributed by atoms with Gasteiger partial charge in [0, 0.05) is 0 Å². The van der Waals surface area contributed by atoms with E-state index < -0.39 is 43.8 Å². The normalized spacial score (nSPS) is 37.3. The van der Waals surface area contributed by atoms with E-state index in [-0.39, 0.29) is 0 Å². The summed E-state index contributed by atoms with van der Waals surface area (Å²) in [6, 6.07) is 0. The molecule has 0 spiro atoms. The first-order valence-electron chi connectivity index (χ1n) is 4.14. The Hall–Kier alpha value is -0.540. The van der Waals surface area contributed by atoms with Crippen LogP contribution in [0.15, 0.2) is 0 Å². The second kappa shape index (κ2) is 4.38. The quantitative estimate of drug-likeness (QED) is 0.290. The van der Waals surface area contributed by atoms with E-state index in [0.717, 1.165) is 0 Å². The third kappa shape index (κ3) is 2.41. The Morgan fingerprint density at radius 1 is 1.25 bits per heavy atom. The number of carboxylic acid groups (broad SMARTS) is 1. The lowest BCUT2D eigenvalue weighted by Gasteiger charge is -2.21. The lowest BCUT2D eigenvalue weighted by molar-refractivity contribution is -0.154. The van der Waals surface area contributed by atoms with Crippen LogP contribution in [-0.4, -0.2) is 66.4 Å². The molecule has 0 aromatic carbocycles. The summed E-state index contributed by atoms with van der Waals surface area (Å²) in [6.07, 6.45) is -7.43. The number of ether oxygens (including phenoxy) is 1. The fraction of sp³-hybridized carbons (Fsp3) is 0.833. The molecule has 16 heavy (non-hydrogen) atoms. The third-order valence-corrected chi connectivity index (χ3v) is 3.17. The predicted octanol–water partition coefficient (Wildman–Crippen LogP) is -2.94. The van der Waals surface area contributed by atoms with E-state index in [1.165, 1.54) is 0 Å². The van der Waals surface area contributed by atoms with Crippen LogP contribution >= 0.6 is 7.60 Å². The van der Waals surface area contributed by atoms with Gasteiger partial charge in [-0.25, -0.2) is 4.79 Å². The molecule has 0 bridgehead atoms. The fourth-order valence-corrected chi connectivity index (χ4v) is 1.98. The molecule has 2 unspecified atom stereocenters. The summed E-state index contributed by atoms with van der Waals surface area (Å²) in [5.74, 6) is -3.99. The Morgan fingerprint density at radius 3 is 2.06 bits per heavy atom. The predicted molar refractivity (Wildman–Crippen MR) is 46.4 cm³/mol. The monoisotopic (exact) mass is 258 g/mol. The van der Waals surface area contributed by atoms with Crippen molar-refractivity contribution in [3.8, 4) is 0 Å². The minimum atomic E-state index is -4.96. The zero-order valence-electron chi connectivity index (χ0n) is 7.74. The van der Waals surface area contributed by atoms with Crippen molar-refractivity contribution in [1.29, 1.82) is 0 Å². The average Bonchev–Trinajstić information content (AvgIpc) is 2.41. The maximum Gasteiger partial charge on any atom is 0.356 e. The average molecular weight is 258 g/mol. The Balaban J connectivity index is 2.86. The van der Waals surface area contributed by atoms with Crippen LogP contribution < -0.4 is 0 Å². The summed E-state index contributed by atoms with van der Waals surface area (Å²) < 4.78 is 15.2. The van der Waals surface area contributed by atoms with Gasteiger partial charge in [-0.1, -0.05) is 0 Å². The first kappa shape index (κ1) is 13.5. The number of aliphatic carboxylic acids is 1. The van der Waals surface area contributed by atoms with Gasteiger partial charge >= 0.3 is 13.6 Å². The maximum absolute atomic E-state index is 10.7. The molecule has 1 heterocycles. The van der Waals surface area contributed by atoms with Gasteiger partial charge in [0.15, 0.2) is 11.9 Å². The molecular formula is C6H11O9P. The molecule has 9 nitrogen and oxygen atoms in total. The summed E-state index contributed by atoms with van der Waals surface area (Å²) in [7, 11) is -4.96. The molecule has 0 aromatic rings. The number of rotatable bonds is 3. The minimum absolute atomic E-state index is 1.60. The summed E-state index contributed by atoms with van der Waals surface area (Å²) in [6.45, 7) is 0. The second-order valence-corrected chi connectivity index (χ2v) is 5.05. The van der Waals surface area contributed by atoms with Gasteiger partial charge in [0.2, 0.25) is 0 Å². The van der Waals surface area contributed by atoms with Crippen LogP contribution in [0.3, 0.4) is 0 Å². The molecule has 94 valence electrons. The van der Waals surface area contributed by atoms with E-state index in [9.17, 15) is 19.6 Å². The number of hydrogen-bond donors (Lipinski definition) is 6. The van der Waals surface area contributed by atoms with Gasteiger partial charge < -0.3 is 34.9 Å². The molecule has 1 aliphatic rings. The second-order valence-electron chi connectivity index (χ2n) is 3.34. The highest BCUT2D eigenvalue weighted by molar-refractivity contribution is 7.52. The molecule has 0 aliphatic carbocycles. The number of hydrogen-bond acceptors (Lipinski definition) is 6. The topological polar surface area (TPSA) is 165 Å². The molecule has 0 saturated carbocycles. The molecule has 1 aliphatic heterocycles. The zero-order valence-corrected chi connectivity index (χ0v) is 8.64. The van der Waals surface area contributed by atoms with Gasteiger partial charge in [0.25, 0.3) is 0 Å². The SMILES string of the molecule is O=C(O)C1O[C@H](C(O)P(=O)(O)O)[C@@H](O)[C@H]1O. The summed E-state index contributed by atoms with van der Waals surface area (Å²) in [5, 5.41) is 36.1. The van der Waals surface area contributed by atoms with Gasteiger partial charge in [-0.15, -0.1) is 0 Å². The van der Waals surface area contributed by atoms with Gasteiger partial charge in [0.1, 0.15) is 18.3 Å². The van der Waals surface area contributed by atoms with Crippen LogP contribution in [0.4, 0.5) is 0 Å². The van der Waals surface area contributed by atoms with Crippen LogP contribution in [0.1, 0.15) is 0 Å². The molecule has 1 rings (SSSR count). The molecule has 5 atom stereocenters. The van der Waals surface area contributed by atoms with Crippen LogP contribution in [0, 0.1) is 0 Å². The molecule has 6 N–H and O–H groups in total. The van der Waals surface area contributed by atoms with Crippen molar-refractivity contribution in [3.63, 3.8) is 0 Å². The smallest absolute Gasteiger partial charge is 0.356 e. The molecule has 1 fully saturated rings. The molecular weight excluding hydrogens is 247 g/mol. The summed E-state index contributed by atoms with van der Waals surface area (Å²) in [4.78, 5) is 27.7. The van der Waals surface area contributed by atoms with Gasteiger partial charge in [-0.3, -0.25) is 4.57 Å². The van der Waals surface area contributed by atoms with Crippen LogP contribution in [0.5, 0.6) is 0 Å². The summed E-state index contributed by atoms with van der Waals surface area (Å²) in [5.41, 5.74) is 0. The highest BCUT2D eigenvalue weighted by Crippen LogP contribution is 2.44. The molecule has 0 amide bonds. The lowest BCUT2D eigenvalue weighted by Crippen LogP contribution is -2.39. The highest BCUT2D eigenvalue weighted by Gasteiger charge is 2.53. The Bertz CT molecular complexity index is 324. The van der Waals surface area contributed by atoms with Crippen LogP contribution in [0.2, 0.25) is 0 Å².